The first-order chi connectivity index (χ1) is 3.83. The first kappa shape index (κ1) is 5.64. The molecule has 2 heteroatoms. The Hall–Kier alpha value is -0.495. The number of rotatable bonds is 1. The molecule has 0 amide bonds. The van der Waals surface area contributed by atoms with Crippen molar-refractivity contribution in [1.29, 1.82) is 0 Å². The van der Waals surface area contributed by atoms with Gasteiger partial charge < -0.3 is 5.11 Å². The lowest BCUT2D eigenvalue weighted by molar-refractivity contribution is 0.329. The summed E-state index contributed by atoms with van der Waals surface area (Å²) in [5.41, 5.74) is 1.84. The van der Waals surface area contributed by atoms with E-state index in [0.717, 1.165) is 17.5 Å². The molecule has 8 heavy (non-hydrogen) atoms. The number of aliphatic hydroxyl groups excluding tert-OH is 1. The van der Waals surface area contributed by atoms with Gasteiger partial charge in [-0.2, -0.15) is 0 Å². The summed E-state index contributed by atoms with van der Waals surface area (Å²) >= 11 is 0. The molecule has 0 spiro atoms. The highest BCUT2D eigenvalue weighted by Crippen LogP contribution is 2.14. The van der Waals surface area contributed by atoms with Gasteiger partial charge in [0.15, 0.2) is 0 Å². The van der Waals surface area contributed by atoms with Crippen molar-refractivity contribution in [2.45, 2.75) is 6.42 Å². The smallest absolute Gasteiger partial charge is 0.108 e. The van der Waals surface area contributed by atoms with Crippen LogP contribution in [0, 0.1) is 0 Å². The van der Waals surface area contributed by atoms with Crippen LogP contribution in [0.4, 0.5) is 0 Å². The van der Waals surface area contributed by atoms with E-state index in [-0.39, 0.29) is 6.61 Å². The van der Waals surface area contributed by atoms with Gasteiger partial charge >= 0.3 is 0 Å². The quantitative estimate of drug-likeness (QED) is 0.478. The Bertz CT molecular complexity index is 147. The number of hydrogen-bond donors (Lipinski definition) is 1. The summed E-state index contributed by atoms with van der Waals surface area (Å²) in [6.45, 7) is 0.136. The van der Waals surface area contributed by atoms with Gasteiger partial charge in [-0.25, -0.2) is 0 Å². The van der Waals surface area contributed by atoms with Gasteiger partial charge in [-0.15, -0.1) is 5.47 Å². The summed E-state index contributed by atoms with van der Waals surface area (Å²) in [6, 6.07) is 0. The van der Waals surface area contributed by atoms with Crippen LogP contribution in [0.25, 0.3) is 0 Å². The van der Waals surface area contributed by atoms with E-state index < -0.39 is 0 Å². The molecule has 2 radical (unpaired) electrons. The molecule has 0 saturated carbocycles. The standard InChI is InChI=1S/C6H7BO/c7-6-2-1-5(3-6)4-8/h1-2,8H,3-4H2. The van der Waals surface area contributed by atoms with Crippen LogP contribution in [0.5, 0.6) is 0 Å². The van der Waals surface area contributed by atoms with E-state index in [1.807, 2.05) is 12.2 Å². The molecule has 1 aliphatic rings. The van der Waals surface area contributed by atoms with Crippen LogP contribution in [-0.2, 0) is 0 Å². The minimum Gasteiger partial charge on any atom is -0.392 e. The second-order valence-corrected chi connectivity index (χ2v) is 1.90. The molecule has 0 aliphatic heterocycles. The fourth-order valence-corrected chi connectivity index (χ4v) is 0.714. The molecule has 0 heterocycles. The first-order valence-electron chi connectivity index (χ1n) is 2.58. The van der Waals surface area contributed by atoms with Crippen LogP contribution in [0.3, 0.4) is 0 Å². The minimum atomic E-state index is 0.136. The predicted molar refractivity (Wildman–Crippen MR) is 33.6 cm³/mol. The second kappa shape index (κ2) is 2.18. The highest BCUT2D eigenvalue weighted by molar-refractivity contribution is 6.22. The molecular formula is C6H7BO. The molecule has 0 unspecified atom stereocenters. The Morgan fingerprint density at radius 3 is 2.62 bits per heavy atom. The van der Waals surface area contributed by atoms with Crippen molar-refractivity contribution in [3.63, 3.8) is 0 Å². The molecule has 0 aromatic carbocycles. The third-order valence-corrected chi connectivity index (χ3v) is 1.17. The summed E-state index contributed by atoms with van der Waals surface area (Å²) in [7, 11) is 5.40. The van der Waals surface area contributed by atoms with Crippen molar-refractivity contribution >= 4 is 7.85 Å². The van der Waals surface area contributed by atoms with Crippen LogP contribution in [-0.4, -0.2) is 19.6 Å². The third kappa shape index (κ3) is 1.01. The summed E-state index contributed by atoms with van der Waals surface area (Å²) < 4.78 is 0. The van der Waals surface area contributed by atoms with E-state index in [1.54, 1.807) is 0 Å². The van der Waals surface area contributed by atoms with E-state index in [2.05, 4.69) is 0 Å². The van der Waals surface area contributed by atoms with E-state index in [0.29, 0.717) is 0 Å². The lowest BCUT2D eigenvalue weighted by Crippen LogP contribution is -1.86. The molecule has 0 bridgehead atoms. The molecule has 0 aromatic rings. The van der Waals surface area contributed by atoms with Gasteiger partial charge in [0.2, 0.25) is 0 Å². The van der Waals surface area contributed by atoms with Crippen LogP contribution >= 0.6 is 0 Å². The summed E-state index contributed by atoms with van der Waals surface area (Å²) in [6.07, 6.45) is 4.43. The lowest BCUT2D eigenvalue weighted by Gasteiger charge is -1.93. The fourth-order valence-electron chi connectivity index (χ4n) is 0.714. The summed E-state index contributed by atoms with van der Waals surface area (Å²) in [5.74, 6) is 0. The molecule has 0 saturated heterocycles. The van der Waals surface area contributed by atoms with Crippen molar-refractivity contribution in [3.8, 4) is 0 Å². The monoisotopic (exact) mass is 106 g/mol. The van der Waals surface area contributed by atoms with Gasteiger partial charge in [0.25, 0.3) is 0 Å². The van der Waals surface area contributed by atoms with Crippen molar-refractivity contribution in [2.24, 2.45) is 0 Å². The Morgan fingerprint density at radius 1 is 1.62 bits per heavy atom. The van der Waals surface area contributed by atoms with Gasteiger partial charge in [0.05, 0.1) is 6.61 Å². The average molecular weight is 106 g/mol. The van der Waals surface area contributed by atoms with Gasteiger partial charge in [-0.05, 0) is 12.0 Å². The Kier molecular flexibility index (Phi) is 1.54. The van der Waals surface area contributed by atoms with E-state index >= 15 is 0 Å². The molecule has 1 rings (SSSR count). The van der Waals surface area contributed by atoms with Crippen molar-refractivity contribution < 1.29 is 5.11 Å². The molecule has 1 aliphatic carbocycles. The van der Waals surface area contributed by atoms with E-state index in [9.17, 15) is 0 Å². The first-order valence-corrected chi connectivity index (χ1v) is 2.58. The van der Waals surface area contributed by atoms with E-state index in [1.165, 1.54) is 0 Å². The van der Waals surface area contributed by atoms with Crippen molar-refractivity contribution in [1.82, 2.24) is 0 Å². The molecule has 40 valence electrons. The molecule has 0 atom stereocenters. The maximum atomic E-state index is 8.53. The maximum Gasteiger partial charge on any atom is 0.108 e. The molecule has 0 aromatic heterocycles. The van der Waals surface area contributed by atoms with E-state index in [4.69, 9.17) is 13.0 Å². The Morgan fingerprint density at radius 2 is 2.38 bits per heavy atom. The van der Waals surface area contributed by atoms with Crippen molar-refractivity contribution in [2.75, 3.05) is 6.61 Å². The number of allylic oxidation sites excluding steroid dienone is 3. The molecule has 0 fully saturated rings. The third-order valence-electron chi connectivity index (χ3n) is 1.17. The normalized spacial score (nSPS) is 18.1. The minimum absolute atomic E-state index is 0.136. The molecule has 1 N–H and O–H groups in total. The van der Waals surface area contributed by atoms with Crippen LogP contribution in [0.1, 0.15) is 6.42 Å². The summed E-state index contributed by atoms with van der Waals surface area (Å²) in [4.78, 5) is 0. The van der Waals surface area contributed by atoms with Gasteiger partial charge in [0.1, 0.15) is 7.85 Å². The predicted octanol–water partition coefficient (Wildman–Crippen LogP) is 0.361. The zero-order valence-corrected chi connectivity index (χ0v) is 4.59. The van der Waals surface area contributed by atoms with Crippen LogP contribution in [0.15, 0.2) is 23.2 Å². The Balaban J connectivity index is 2.49. The maximum absolute atomic E-state index is 8.53. The fraction of sp³-hybridized carbons (Fsp3) is 0.333. The van der Waals surface area contributed by atoms with Gasteiger partial charge in [0, 0.05) is 0 Å². The van der Waals surface area contributed by atoms with Crippen molar-refractivity contribution in [3.05, 3.63) is 23.2 Å². The van der Waals surface area contributed by atoms with Crippen LogP contribution in [0.2, 0.25) is 0 Å². The topological polar surface area (TPSA) is 20.2 Å². The Labute approximate surface area is 50.1 Å². The SMILES string of the molecule is [B]C1=CC=C(CO)C1. The van der Waals surface area contributed by atoms with Gasteiger partial charge in [-0.3, -0.25) is 0 Å². The van der Waals surface area contributed by atoms with Crippen LogP contribution < -0.4 is 0 Å². The molecular weight excluding hydrogens is 98.9 g/mol. The number of aliphatic hydroxyl groups is 1. The zero-order valence-electron chi connectivity index (χ0n) is 4.59. The molecule has 1 nitrogen and oxygen atoms in total. The second-order valence-electron chi connectivity index (χ2n) is 1.90. The van der Waals surface area contributed by atoms with Gasteiger partial charge in [-0.1, -0.05) is 12.2 Å². The average Bonchev–Trinajstić information content (AvgIpc) is 2.14. The highest BCUT2D eigenvalue weighted by atomic mass is 16.3. The highest BCUT2D eigenvalue weighted by Gasteiger charge is 2.00. The number of hydrogen-bond acceptors (Lipinski definition) is 1. The largest absolute Gasteiger partial charge is 0.392 e. The lowest BCUT2D eigenvalue weighted by atomic mass is 9.93. The zero-order chi connectivity index (χ0) is 5.98. The summed E-state index contributed by atoms with van der Waals surface area (Å²) in [5, 5.41) is 8.53.